The molecule has 0 bridgehead atoms. The molecule has 3 N–H and O–H groups in total. The van der Waals surface area contributed by atoms with Gasteiger partial charge >= 0.3 is 0 Å². The average molecular weight is 186 g/mol. The number of nitrogens with zero attached hydrogens (tertiary/aromatic N) is 1. The second-order valence-electron chi connectivity index (χ2n) is 3.99. The molecule has 1 heterocycles. The van der Waals surface area contributed by atoms with Crippen LogP contribution in [0.15, 0.2) is 0 Å². The van der Waals surface area contributed by atoms with Crippen LogP contribution >= 0.6 is 0 Å². The van der Waals surface area contributed by atoms with E-state index in [0.717, 1.165) is 45.4 Å². The molecule has 1 rings (SSSR count). The number of rotatable bonds is 4. The lowest BCUT2D eigenvalue weighted by atomic mass is 9.91. The zero-order chi connectivity index (χ0) is 9.68. The number of likely N-dealkylation sites (tertiary alicyclic amines) is 1. The zero-order valence-electron chi connectivity index (χ0n) is 8.58. The summed E-state index contributed by atoms with van der Waals surface area (Å²) in [7, 11) is 0. The van der Waals surface area contributed by atoms with Crippen LogP contribution in [0.3, 0.4) is 0 Å². The molecule has 1 aliphatic rings. The van der Waals surface area contributed by atoms with Gasteiger partial charge in [-0.3, -0.25) is 0 Å². The van der Waals surface area contributed by atoms with Crippen molar-refractivity contribution in [3.05, 3.63) is 0 Å². The molecule has 0 amide bonds. The smallest absolute Gasteiger partial charge is 0.0592 e. The van der Waals surface area contributed by atoms with E-state index in [2.05, 4.69) is 11.8 Å². The number of aliphatic hydroxyl groups is 1. The van der Waals surface area contributed by atoms with E-state index in [1.165, 1.54) is 0 Å². The fourth-order valence-electron chi connectivity index (χ4n) is 2.14. The average Bonchev–Trinajstić information content (AvgIpc) is 2.12. The Hall–Kier alpha value is -0.120. The van der Waals surface area contributed by atoms with Gasteiger partial charge in [0.2, 0.25) is 0 Å². The predicted octanol–water partition coefficient (Wildman–Crippen LogP) is 0.428. The first-order valence-electron chi connectivity index (χ1n) is 5.38. The van der Waals surface area contributed by atoms with Crippen LogP contribution in [0.2, 0.25) is 0 Å². The molecule has 1 saturated heterocycles. The van der Waals surface area contributed by atoms with Gasteiger partial charge in [0.15, 0.2) is 0 Å². The molecule has 0 radical (unpaired) electrons. The Kier molecular flexibility index (Phi) is 4.70. The molecule has 0 saturated carbocycles. The minimum atomic E-state index is -0.0750. The SMILES string of the molecule is CCCC1CN(CCN)CCC1O. The summed E-state index contributed by atoms with van der Waals surface area (Å²) in [5, 5.41) is 9.73. The van der Waals surface area contributed by atoms with Crippen LogP contribution in [0.1, 0.15) is 26.2 Å². The van der Waals surface area contributed by atoms with Crippen LogP contribution in [0, 0.1) is 5.92 Å². The van der Waals surface area contributed by atoms with Crippen molar-refractivity contribution < 1.29 is 5.11 Å². The summed E-state index contributed by atoms with van der Waals surface area (Å²) >= 11 is 0. The monoisotopic (exact) mass is 186 g/mol. The van der Waals surface area contributed by atoms with E-state index in [0.29, 0.717) is 5.92 Å². The molecule has 13 heavy (non-hydrogen) atoms. The van der Waals surface area contributed by atoms with Crippen molar-refractivity contribution in [3.8, 4) is 0 Å². The van der Waals surface area contributed by atoms with Crippen LogP contribution in [-0.2, 0) is 0 Å². The van der Waals surface area contributed by atoms with Crippen molar-refractivity contribution in [3.63, 3.8) is 0 Å². The Balaban J connectivity index is 2.33. The maximum Gasteiger partial charge on any atom is 0.0592 e. The number of hydrogen-bond donors (Lipinski definition) is 2. The lowest BCUT2D eigenvalue weighted by molar-refractivity contribution is 0.0239. The molecular formula is C10H22N2O. The number of aliphatic hydroxyl groups excluding tert-OH is 1. The Morgan fingerprint density at radius 3 is 2.92 bits per heavy atom. The molecule has 78 valence electrons. The minimum absolute atomic E-state index is 0.0750. The topological polar surface area (TPSA) is 49.5 Å². The normalized spacial score (nSPS) is 30.7. The van der Waals surface area contributed by atoms with Gasteiger partial charge in [-0.15, -0.1) is 0 Å². The highest BCUT2D eigenvalue weighted by Gasteiger charge is 2.26. The second-order valence-corrected chi connectivity index (χ2v) is 3.99. The highest BCUT2D eigenvalue weighted by atomic mass is 16.3. The maximum atomic E-state index is 9.73. The van der Waals surface area contributed by atoms with Crippen molar-refractivity contribution in [1.29, 1.82) is 0 Å². The summed E-state index contributed by atoms with van der Waals surface area (Å²) in [6.07, 6.45) is 3.15. The zero-order valence-corrected chi connectivity index (χ0v) is 8.58. The Morgan fingerprint density at radius 1 is 1.54 bits per heavy atom. The third kappa shape index (κ3) is 3.25. The van der Waals surface area contributed by atoms with Gasteiger partial charge in [-0.2, -0.15) is 0 Å². The van der Waals surface area contributed by atoms with Crippen molar-refractivity contribution >= 4 is 0 Å². The first-order chi connectivity index (χ1) is 6.27. The molecule has 0 aromatic rings. The third-order valence-electron chi connectivity index (χ3n) is 2.88. The summed E-state index contributed by atoms with van der Waals surface area (Å²) in [4.78, 5) is 2.37. The fourth-order valence-corrected chi connectivity index (χ4v) is 2.14. The maximum absolute atomic E-state index is 9.73. The predicted molar refractivity (Wildman–Crippen MR) is 54.5 cm³/mol. The number of hydrogen-bond acceptors (Lipinski definition) is 3. The van der Waals surface area contributed by atoms with Gasteiger partial charge in [0, 0.05) is 26.2 Å². The van der Waals surface area contributed by atoms with E-state index in [1.807, 2.05) is 0 Å². The molecule has 2 atom stereocenters. The van der Waals surface area contributed by atoms with Gasteiger partial charge in [-0.25, -0.2) is 0 Å². The van der Waals surface area contributed by atoms with Crippen molar-refractivity contribution in [1.82, 2.24) is 4.90 Å². The van der Waals surface area contributed by atoms with Crippen LogP contribution in [0.4, 0.5) is 0 Å². The van der Waals surface area contributed by atoms with Gasteiger partial charge < -0.3 is 15.7 Å². The van der Waals surface area contributed by atoms with E-state index in [1.54, 1.807) is 0 Å². The lowest BCUT2D eigenvalue weighted by Gasteiger charge is -2.35. The molecule has 3 nitrogen and oxygen atoms in total. The molecule has 0 spiro atoms. The molecule has 2 unspecified atom stereocenters. The lowest BCUT2D eigenvalue weighted by Crippen LogP contribution is -2.44. The molecule has 0 aliphatic carbocycles. The van der Waals surface area contributed by atoms with E-state index in [-0.39, 0.29) is 6.10 Å². The Morgan fingerprint density at radius 2 is 2.31 bits per heavy atom. The minimum Gasteiger partial charge on any atom is -0.393 e. The van der Waals surface area contributed by atoms with Gasteiger partial charge in [0.1, 0.15) is 0 Å². The molecule has 0 aromatic carbocycles. The summed E-state index contributed by atoms with van der Waals surface area (Å²) < 4.78 is 0. The largest absolute Gasteiger partial charge is 0.393 e. The Bertz CT molecular complexity index is 141. The first-order valence-corrected chi connectivity index (χ1v) is 5.38. The van der Waals surface area contributed by atoms with Crippen LogP contribution in [0.25, 0.3) is 0 Å². The second kappa shape index (κ2) is 5.58. The fraction of sp³-hybridized carbons (Fsp3) is 1.00. The van der Waals surface area contributed by atoms with Gasteiger partial charge in [0.25, 0.3) is 0 Å². The van der Waals surface area contributed by atoms with E-state index in [4.69, 9.17) is 5.73 Å². The van der Waals surface area contributed by atoms with Crippen LogP contribution in [-0.4, -0.2) is 42.3 Å². The summed E-state index contributed by atoms with van der Waals surface area (Å²) in [5.41, 5.74) is 5.51. The molecule has 0 aromatic heterocycles. The molecule has 3 heteroatoms. The summed E-state index contributed by atoms with van der Waals surface area (Å²) in [6, 6.07) is 0. The van der Waals surface area contributed by atoms with Gasteiger partial charge in [0.05, 0.1) is 6.10 Å². The van der Waals surface area contributed by atoms with E-state index in [9.17, 15) is 5.11 Å². The van der Waals surface area contributed by atoms with Gasteiger partial charge in [-0.05, 0) is 18.8 Å². The molecule has 1 fully saturated rings. The quantitative estimate of drug-likeness (QED) is 0.669. The van der Waals surface area contributed by atoms with Crippen molar-refractivity contribution in [2.45, 2.75) is 32.3 Å². The number of piperidine rings is 1. The highest BCUT2D eigenvalue weighted by molar-refractivity contribution is 4.79. The summed E-state index contributed by atoms with van der Waals surface area (Å²) in [6.45, 7) is 5.93. The van der Waals surface area contributed by atoms with Crippen molar-refractivity contribution in [2.24, 2.45) is 11.7 Å². The van der Waals surface area contributed by atoms with E-state index < -0.39 is 0 Å². The van der Waals surface area contributed by atoms with E-state index >= 15 is 0 Å². The first kappa shape index (κ1) is 11.0. The third-order valence-corrected chi connectivity index (χ3v) is 2.88. The summed E-state index contributed by atoms with van der Waals surface area (Å²) in [5.74, 6) is 0.477. The highest BCUT2D eigenvalue weighted by Crippen LogP contribution is 2.20. The molecular weight excluding hydrogens is 164 g/mol. The van der Waals surface area contributed by atoms with Crippen LogP contribution < -0.4 is 5.73 Å². The van der Waals surface area contributed by atoms with Crippen molar-refractivity contribution in [2.75, 3.05) is 26.2 Å². The van der Waals surface area contributed by atoms with Gasteiger partial charge in [-0.1, -0.05) is 13.3 Å². The van der Waals surface area contributed by atoms with Crippen LogP contribution in [0.5, 0.6) is 0 Å². The molecule has 1 aliphatic heterocycles. The number of nitrogens with two attached hydrogens (primary N) is 1. The standard InChI is InChI=1S/C10H22N2O/c1-2-3-9-8-12(7-5-11)6-4-10(9)13/h9-10,13H,2-8,11H2,1H3. The Labute approximate surface area is 80.9 Å².